The van der Waals surface area contributed by atoms with Gasteiger partial charge in [-0.3, -0.25) is 0 Å². The van der Waals surface area contributed by atoms with Crippen molar-refractivity contribution in [3.05, 3.63) is 29.3 Å². The van der Waals surface area contributed by atoms with Gasteiger partial charge in [0.15, 0.2) is 0 Å². The van der Waals surface area contributed by atoms with Crippen LogP contribution in [0.4, 0.5) is 26.3 Å². The van der Waals surface area contributed by atoms with Crippen LogP contribution in [0, 0.1) is 12.3 Å². The van der Waals surface area contributed by atoms with Gasteiger partial charge in [0.2, 0.25) is 0 Å². The summed E-state index contributed by atoms with van der Waals surface area (Å²) < 4.78 is 79.0. The summed E-state index contributed by atoms with van der Waals surface area (Å²) in [6.45, 7) is -0.418. The Morgan fingerprint density at radius 3 is 1.72 bits per heavy atom. The van der Waals surface area contributed by atoms with Crippen molar-refractivity contribution in [2.45, 2.75) is 12.4 Å². The lowest BCUT2D eigenvalue weighted by Gasteiger charge is -2.13. The molecule has 0 fully saturated rings. The third-order valence-electron chi connectivity index (χ3n) is 1.88. The molecule has 0 saturated heterocycles. The van der Waals surface area contributed by atoms with Crippen LogP contribution in [0.5, 0.6) is 5.75 Å². The van der Waals surface area contributed by atoms with Crippen LogP contribution in [0.25, 0.3) is 0 Å². The van der Waals surface area contributed by atoms with Gasteiger partial charge in [0.05, 0.1) is 11.1 Å². The zero-order valence-corrected chi connectivity index (χ0v) is 8.69. The molecular weight excluding hydrogens is 262 g/mol. The third-order valence-corrected chi connectivity index (χ3v) is 1.88. The van der Waals surface area contributed by atoms with Gasteiger partial charge >= 0.3 is 12.4 Å². The van der Waals surface area contributed by atoms with E-state index in [0.717, 1.165) is 0 Å². The van der Waals surface area contributed by atoms with Gasteiger partial charge in [-0.1, -0.05) is 5.92 Å². The number of alkyl halides is 6. The Hall–Kier alpha value is -1.84. The van der Waals surface area contributed by atoms with Gasteiger partial charge in [0.1, 0.15) is 12.4 Å². The summed E-state index contributed by atoms with van der Waals surface area (Å²) in [6, 6.07) is 0.946. The van der Waals surface area contributed by atoms with Crippen molar-refractivity contribution in [3.63, 3.8) is 0 Å². The molecule has 1 rings (SSSR count). The molecule has 0 spiro atoms. The summed E-state index contributed by atoms with van der Waals surface area (Å²) in [4.78, 5) is 0. The molecule has 0 aliphatic heterocycles. The second-order valence-electron chi connectivity index (χ2n) is 3.23. The maximum atomic E-state index is 12.4. The maximum absolute atomic E-state index is 12.4. The minimum Gasteiger partial charge on any atom is -0.481 e. The molecule has 0 aromatic heterocycles. The summed E-state index contributed by atoms with van der Waals surface area (Å²) in [5.41, 5.74) is -2.88. The van der Waals surface area contributed by atoms with E-state index in [2.05, 4.69) is 4.74 Å². The normalized spacial score (nSPS) is 12.1. The van der Waals surface area contributed by atoms with Crippen molar-refractivity contribution in [1.29, 1.82) is 0 Å². The number of rotatable bonds is 2. The summed E-state index contributed by atoms with van der Waals surface area (Å²) >= 11 is 0. The van der Waals surface area contributed by atoms with Gasteiger partial charge in [-0.2, -0.15) is 26.3 Å². The Labute approximate surface area is 98.4 Å². The quantitative estimate of drug-likeness (QED) is 0.586. The fourth-order valence-corrected chi connectivity index (χ4v) is 1.13. The monoisotopic (exact) mass is 268 g/mol. The highest BCUT2D eigenvalue weighted by Gasteiger charge is 2.37. The zero-order chi connectivity index (χ0) is 14.0. The molecule has 0 heterocycles. The van der Waals surface area contributed by atoms with Gasteiger partial charge in [0, 0.05) is 0 Å². The molecule has 0 bridgehead atoms. The molecule has 1 aromatic carbocycles. The third kappa shape index (κ3) is 3.58. The highest BCUT2D eigenvalue weighted by molar-refractivity contribution is 5.37. The van der Waals surface area contributed by atoms with E-state index in [-0.39, 0.29) is 6.07 Å². The molecule has 18 heavy (non-hydrogen) atoms. The van der Waals surface area contributed by atoms with Crippen LogP contribution in [-0.4, -0.2) is 6.61 Å². The SMILES string of the molecule is C#CCOc1cc(C(F)(F)F)cc(C(F)(F)F)c1. The van der Waals surface area contributed by atoms with E-state index in [9.17, 15) is 26.3 Å². The van der Waals surface area contributed by atoms with Crippen LogP contribution in [0.2, 0.25) is 0 Å². The van der Waals surface area contributed by atoms with Crippen LogP contribution in [-0.2, 0) is 12.4 Å². The Balaban J connectivity index is 3.26. The van der Waals surface area contributed by atoms with Crippen molar-refractivity contribution in [2.24, 2.45) is 0 Å². The average molecular weight is 268 g/mol. The lowest BCUT2D eigenvalue weighted by atomic mass is 10.1. The number of benzene rings is 1. The van der Waals surface area contributed by atoms with E-state index in [4.69, 9.17) is 6.42 Å². The minimum atomic E-state index is -4.89. The second-order valence-corrected chi connectivity index (χ2v) is 3.23. The van der Waals surface area contributed by atoms with Crippen molar-refractivity contribution in [1.82, 2.24) is 0 Å². The standard InChI is InChI=1S/C11H6F6O/c1-2-3-18-9-5-7(10(12,13)14)4-8(6-9)11(15,16)17/h1,4-6H,3H2. The fraction of sp³-hybridized carbons (Fsp3) is 0.273. The van der Waals surface area contributed by atoms with Gasteiger partial charge in [-0.25, -0.2) is 0 Å². The summed E-state index contributed by atoms with van der Waals surface area (Å²) in [6.07, 6.45) is -4.98. The summed E-state index contributed by atoms with van der Waals surface area (Å²) in [5.74, 6) is 1.37. The predicted octanol–water partition coefficient (Wildman–Crippen LogP) is 3.74. The number of ether oxygens (including phenoxy) is 1. The number of terminal acetylenes is 1. The number of halogens is 6. The first-order valence-corrected chi connectivity index (χ1v) is 4.50. The van der Waals surface area contributed by atoms with Gasteiger partial charge in [-0.05, 0) is 18.2 Å². The fourth-order valence-electron chi connectivity index (χ4n) is 1.13. The molecule has 1 aromatic rings. The molecule has 0 N–H and O–H groups in total. The first-order valence-electron chi connectivity index (χ1n) is 4.50. The lowest BCUT2D eigenvalue weighted by Crippen LogP contribution is -2.11. The average Bonchev–Trinajstić information content (AvgIpc) is 2.23. The van der Waals surface area contributed by atoms with Crippen molar-refractivity contribution < 1.29 is 31.1 Å². The largest absolute Gasteiger partial charge is 0.481 e. The van der Waals surface area contributed by atoms with Crippen LogP contribution in [0.3, 0.4) is 0 Å². The van der Waals surface area contributed by atoms with Crippen molar-refractivity contribution in [2.75, 3.05) is 6.61 Å². The Morgan fingerprint density at radius 1 is 0.944 bits per heavy atom. The van der Waals surface area contributed by atoms with Crippen LogP contribution < -0.4 is 4.74 Å². The summed E-state index contributed by atoms with van der Waals surface area (Å²) in [7, 11) is 0. The van der Waals surface area contributed by atoms with Gasteiger partial charge in [0.25, 0.3) is 0 Å². The molecule has 0 aliphatic carbocycles. The van der Waals surface area contributed by atoms with E-state index in [1.807, 2.05) is 5.92 Å². The van der Waals surface area contributed by atoms with Gasteiger partial charge < -0.3 is 4.74 Å². The van der Waals surface area contributed by atoms with E-state index in [1.165, 1.54) is 0 Å². The molecule has 0 saturated carbocycles. The molecule has 98 valence electrons. The smallest absolute Gasteiger partial charge is 0.416 e. The minimum absolute atomic E-state index is 0.0166. The molecule has 0 unspecified atom stereocenters. The maximum Gasteiger partial charge on any atom is 0.416 e. The first-order chi connectivity index (χ1) is 8.14. The molecule has 7 heteroatoms. The van der Waals surface area contributed by atoms with Crippen LogP contribution in [0.1, 0.15) is 11.1 Å². The highest BCUT2D eigenvalue weighted by Crippen LogP contribution is 2.38. The molecular formula is C11H6F6O. The van der Waals surface area contributed by atoms with E-state index in [1.54, 1.807) is 0 Å². The van der Waals surface area contributed by atoms with Crippen LogP contribution >= 0.6 is 0 Å². The van der Waals surface area contributed by atoms with Crippen molar-refractivity contribution >= 4 is 0 Å². The Kier molecular flexibility index (Phi) is 3.79. The van der Waals surface area contributed by atoms with E-state index in [0.29, 0.717) is 12.1 Å². The van der Waals surface area contributed by atoms with Crippen molar-refractivity contribution in [3.8, 4) is 18.1 Å². The van der Waals surface area contributed by atoms with E-state index >= 15 is 0 Å². The molecule has 0 atom stereocenters. The zero-order valence-electron chi connectivity index (χ0n) is 8.69. The van der Waals surface area contributed by atoms with Gasteiger partial charge in [-0.15, -0.1) is 6.42 Å². The topological polar surface area (TPSA) is 9.23 Å². The predicted molar refractivity (Wildman–Crippen MR) is 50.8 cm³/mol. The molecule has 0 amide bonds. The van der Waals surface area contributed by atoms with Crippen LogP contribution in [0.15, 0.2) is 18.2 Å². The first kappa shape index (κ1) is 14.2. The Morgan fingerprint density at radius 2 is 1.39 bits per heavy atom. The number of hydrogen-bond acceptors (Lipinski definition) is 1. The second kappa shape index (κ2) is 4.80. The Bertz CT molecular complexity index is 434. The number of hydrogen-bond donors (Lipinski definition) is 0. The lowest BCUT2D eigenvalue weighted by molar-refractivity contribution is -0.143. The summed E-state index contributed by atoms with van der Waals surface area (Å²) in [5, 5.41) is 0. The highest BCUT2D eigenvalue weighted by atomic mass is 19.4. The molecule has 1 nitrogen and oxygen atoms in total. The molecule has 0 radical (unpaired) electrons. The molecule has 0 aliphatic rings. The van der Waals surface area contributed by atoms with E-state index < -0.39 is 35.8 Å².